The minimum Gasteiger partial charge on any atom is -0.504 e. The van der Waals surface area contributed by atoms with Crippen LogP contribution < -0.4 is 10.1 Å². The summed E-state index contributed by atoms with van der Waals surface area (Å²) >= 11 is 0. The summed E-state index contributed by atoms with van der Waals surface area (Å²) in [6.45, 7) is 0.308. The first kappa shape index (κ1) is 14.4. The number of phenols is 1. The molecule has 110 valence electrons. The molecule has 0 saturated heterocycles. The van der Waals surface area contributed by atoms with E-state index in [9.17, 15) is 15.0 Å². The number of nitrogens with one attached hydrogen (secondary N) is 1. The number of carbonyl (C=O) groups is 1. The van der Waals surface area contributed by atoms with Crippen LogP contribution in [0.4, 0.5) is 5.95 Å². The van der Waals surface area contributed by atoms with Crippen molar-refractivity contribution in [2.75, 3.05) is 12.4 Å². The number of carboxylic acid groups (broad SMARTS) is 1. The summed E-state index contributed by atoms with van der Waals surface area (Å²) in [4.78, 5) is 18.2. The van der Waals surface area contributed by atoms with Gasteiger partial charge in [0, 0.05) is 6.54 Å². The van der Waals surface area contributed by atoms with E-state index in [1.165, 1.54) is 13.2 Å². The van der Waals surface area contributed by atoms with Gasteiger partial charge in [0.05, 0.1) is 13.3 Å². The van der Waals surface area contributed by atoms with Crippen LogP contribution in [-0.4, -0.2) is 38.4 Å². The lowest BCUT2D eigenvalue weighted by Crippen LogP contribution is -2.06. The minimum atomic E-state index is -1.30. The fourth-order valence-electron chi connectivity index (χ4n) is 1.62. The van der Waals surface area contributed by atoms with Gasteiger partial charge in [-0.2, -0.15) is 4.98 Å². The Balaban J connectivity index is 2.09. The Morgan fingerprint density at radius 3 is 2.76 bits per heavy atom. The van der Waals surface area contributed by atoms with E-state index < -0.39 is 11.8 Å². The zero-order chi connectivity index (χ0) is 15.4. The van der Waals surface area contributed by atoms with E-state index in [2.05, 4.69) is 15.3 Å². The number of phenolic OH excluding ortho intramolecular Hbond substituents is 1. The van der Waals surface area contributed by atoms with Crippen molar-refractivity contribution in [3.8, 4) is 17.4 Å². The lowest BCUT2D eigenvalue weighted by Gasteiger charge is -2.08. The molecule has 4 N–H and O–H groups in total. The van der Waals surface area contributed by atoms with Gasteiger partial charge in [-0.15, -0.1) is 0 Å². The fourth-order valence-corrected chi connectivity index (χ4v) is 1.62. The number of hydrogen-bond donors (Lipinski definition) is 4. The van der Waals surface area contributed by atoms with Gasteiger partial charge in [-0.05, 0) is 17.7 Å². The van der Waals surface area contributed by atoms with Crippen LogP contribution in [0.15, 0.2) is 24.4 Å². The number of aromatic carboxylic acids is 1. The van der Waals surface area contributed by atoms with Crippen LogP contribution in [0, 0.1) is 0 Å². The van der Waals surface area contributed by atoms with Crippen molar-refractivity contribution in [1.29, 1.82) is 0 Å². The number of ether oxygens (including phenoxy) is 1. The molecule has 2 rings (SSSR count). The van der Waals surface area contributed by atoms with Crippen molar-refractivity contribution in [1.82, 2.24) is 9.97 Å². The van der Waals surface area contributed by atoms with Gasteiger partial charge in [-0.3, -0.25) is 0 Å². The Morgan fingerprint density at radius 1 is 1.38 bits per heavy atom. The highest BCUT2D eigenvalue weighted by Crippen LogP contribution is 2.26. The third kappa shape index (κ3) is 3.30. The Labute approximate surface area is 119 Å². The number of rotatable bonds is 5. The van der Waals surface area contributed by atoms with Crippen molar-refractivity contribution in [3.05, 3.63) is 35.5 Å². The van der Waals surface area contributed by atoms with Crippen LogP contribution >= 0.6 is 0 Å². The summed E-state index contributed by atoms with van der Waals surface area (Å²) in [5.74, 6) is -1.46. The lowest BCUT2D eigenvalue weighted by atomic mass is 10.2. The lowest BCUT2D eigenvalue weighted by molar-refractivity contribution is 0.0692. The average molecular weight is 291 g/mol. The maximum Gasteiger partial charge on any atom is 0.342 e. The van der Waals surface area contributed by atoms with Crippen LogP contribution in [0.1, 0.15) is 15.9 Å². The molecule has 0 fully saturated rings. The topological polar surface area (TPSA) is 125 Å². The molecular weight excluding hydrogens is 278 g/mol. The van der Waals surface area contributed by atoms with Crippen molar-refractivity contribution in [3.63, 3.8) is 0 Å². The first-order valence-corrected chi connectivity index (χ1v) is 5.90. The van der Waals surface area contributed by atoms with E-state index in [0.717, 1.165) is 11.8 Å². The Hall–Kier alpha value is -3.03. The van der Waals surface area contributed by atoms with Crippen molar-refractivity contribution >= 4 is 11.9 Å². The van der Waals surface area contributed by atoms with Gasteiger partial charge in [0.2, 0.25) is 11.8 Å². The van der Waals surface area contributed by atoms with Crippen LogP contribution in [0.2, 0.25) is 0 Å². The molecule has 8 nitrogen and oxygen atoms in total. The number of anilines is 1. The highest BCUT2D eigenvalue weighted by atomic mass is 16.5. The minimum absolute atomic E-state index is 0.0287. The highest BCUT2D eigenvalue weighted by molar-refractivity contribution is 5.89. The summed E-state index contributed by atoms with van der Waals surface area (Å²) in [7, 11) is 1.44. The van der Waals surface area contributed by atoms with E-state index in [1.807, 2.05) is 0 Å². The molecule has 0 unspecified atom stereocenters. The number of aromatic hydroxyl groups is 2. The Bertz CT molecular complexity index is 675. The van der Waals surface area contributed by atoms with Gasteiger partial charge >= 0.3 is 5.97 Å². The summed E-state index contributed by atoms with van der Waals surface area (Å²) in [5, 5.41) is 30.5. The maximum absolute atomic E-state index is 10.7. The smallest absolute Gasteiger partial charge is 0.342 e. The van der Waals surface area contributed by atoms with Crippen molar-refractivity contribution < 1.29 is 24.9 Å². The summed E-state index contributed by atoms with van der Waals surface area (Å²) in [5.41, 5.74) is 0.418. The predicted molar refractivity (Wildman–Crippen MR) is 72.6 cm³/mol. The van der Waals surface area contributed by atoms with Gasteiger partial charge in [0.25, 0.3) is 0 Å². The zero-order valence-corrected chi connectivity index (χ0v) is 11.1. The monoisotopic (exact) mass is 291 g/mol. The molecule has 0 aliphatic rings. The number of carboxylic acids is 1. The van der Waals surface area contributed by atoms with Crippen LogP contribution in [0.3, 0.4) is 0 Å². The molecule has 0 atom stereocenters. The average Bonchev–Trinajstić information content (AvgIpc) is 2.46. The molecule has 1 heterocycles. The molecular formula is C13H13N3O5. The molecule has 0 spiro atoms. The van der Waals surface area contributed by atoms with E-state index in [0.29, 0.717) is 12.3 Å². The summed E-state index contributed by atoms with van der Waals surface area (Å²) in [6, 6.07) is 4.80. The van der Waals surface area contributed by atoms with Gasteiger partial charge in [-0.25, -0.2) is 9.78 Å². The SMILES string of the molecule is COc1cc(CNc2ncc(C(=O)O)c(O)n2)ccc1O. The normalized spacial score (nSPS) is 10.1. The number of nitrogens with zero attached hydrogens (tertiary/aromatic N) is 2. The zero-order valence-electron chi connectivity index (χ0n) is 11.1. The Morgan fingerprint density at radius 2 is 2.14 bits per heavy atom. The second-order valence-electron chi connectivity index (χ2n) is 4.10. The van der Waals surface area contributed by atoms with Crippen LogP contribution in [0.25, 0.3) is 0 Å². The quantitative estimate of drug-likeness (QED) is 0.647. The van der Waals surface area contributed by atoms with Gasteiger partial charge in [0.1, 0.15) is 5.56 Å². The van der Waals surface area contributed by atoms with E-state index in [4.69, 9.17) is 9.84 Å². The second kappa shape index (κ2) is 5.95. The predicted octanol–water partition coefficient (Wildman–Crippen LogP) is 1.21. The van der Waals surface area contributed by atoms with Crippen molar-refractivity contribution in [2.45, 2.75) is 6.54 Å². The number of aromatic nitrogens is 2. The molecule has 0 amide bonds. The van der Waals surface area contributed by atoms with E-state index >= 15 is 0 Å². The number of methoxy groups -OCH3 is 1. The number of hydrogen-bond acceptors (Lipinski definition) is 7. The molecule has 0 saturated carbocycles. The standard InChI is InChI=1S/C13H13N3O5/c1-21-10-4-7(2-3-9(10)17)5-14-13-15-6-8(12(19)20)11(18)16-13/h2-4,6,17H,5H2,1H3,(H,19,20)(H2,14,15,16,18). The molecule has 0 aliphatic heterocycles. The van der Waals surface area contributed by atoms with Gasteiger partial charge in [-0.1, -0.05) is 6.07 Å². The molecule has 0 aliphatic carbocycles. The van der Waals surface area contributed by atoms with Crippen LogP contribution in [0.5, 0.6) is 17.4 Å². The van der Waals surface area contributed by atoms with E-state index in [-0.39, 0.29) is 17.3 Å². The molecule has 21 heavy (non-hydrogen) atoms. The van der Waals surface area contributed by atoms with Crippen LogP contribution in [-0.2, 0) is 6.54 Å². The molecule has 0 radical (unpaired) electrons. The molecule has 2 aromatic rings. The fraction of sp³-hybridized carbons (Fsp3) is 0.154. The largest absolute Gasteiger partial charge is 0.504 e. The Kier molecular flexibility index (Phi) is 4.07. The number of benzene rings is 1. The molecule has 0 bridgehead atoms. The first-order valence-electron chi connectivity index (χ1n) is 5.90. The van der Waals surface area contributed by atoms with E-state index in [1.54, 1.807) is 12.1 Å². The summed E-state index contributed by atoms with van der Waals surface area (Å²) in [6.07, 6.45) is 1.02. The molecule has 1 aromatic heterocycles. The highest BCUT2D eigenvalue weighted by Gasteiger charge is 2.12. The first-order chi connectivity index (χ1) is 10.0. The third-order valence-corrected chi connectivity index (χ3v) is 2.69. The molecule has 8 heteroatoms. The second-order valence-corrected chi connectivity index (χ2v) is 4.10. The maximum atomic E-state index is 10.7. The van der Waals surface area contributed by atoms with Gasteiger partial charge in [0.15, 0.2) is 11.5 Å². The third-order valence-electron chi connectivity index (χ3n) is 2.69. The van der Waals surface area contributed by atoms with Gasteiger partial charge < -0.3 is 25.4 Å². The summed E-state index contributed by atoms with van der Waals surface area (Å²) < 4.78 is 4.98. The molecule has 1 aromatic carbocycles. The van der Waals surface area contributed by atoms with Crippen molar-refractivity contribution in [2.24, 2.45) is 0 Å².